The van der Waals surface area contributed by atoms with Crippen molar-refractivity contribution in [2.45, 2.75) is 51.1 Å². The molecule has 6 nitrogen and oxygen atoms in total. The van der Waals surface area contributed by atoms with Crippen LogP contribution < -0.4 is 10.9 Å². The molecule has 33 heavy (non-hydrogen) atoms. The van der Waals surface area contributed by atoms with Crippen LogP contribution in [0.25, 0.3) is 10.9 Å². The molecular formula is C26H32N4O2S. The summed E-state index contributed by atoms with van der Waals surface area (Å²) in [5.41, 5.74) is 1.97. The number of H-pyrrole nitrogens is 1. The Morgan fingerprint density at radius 1 is 1.00 bits per heavy atom. The first-order chi connectivity index (χ1) is 16.1. The first-order valence-corrected chi connectivity index (χ1v) is 12.3. The van der Waals surface area contributed by atoms with E-state index < -0.39 is 0 Å². The summed E-state index contributed by atoms with van der Waals surface area (Å²) in [7, 11) is 0. The van der Waals surface area contributed by atoms with Crippen LogP contribution in [0, 0.1) is 4.77 Å². The standard InChI is InChI=1S/C26H32N4O2S/c31-24(27-19-23(29-16-9-10-17-29)20-11-3-1-4-12-20)15-5-2-8-18-30-25(32)21-13-6-7-14-22(21)28-26(30)33/h1,3-4,6-7,11-14,23H,2,5,8-10,15-19H2,(H,27,31)(H,28,33). The molecule has 1 aliphatic rings. The summed E-state index contributed by atoms with van der Waals surface area (Å²) < 4.78 is 2.07. The van der Waals surface area contributed by atoms with Crippen molar-refractivity contribution in [3.63, 3.8) is 0 Å². The average molecular weight is 465 g/mol. The number of rotatable bonds is 10. The highest BCUT2D eigenvalue weighted by atomic mass is 32.1. The second kappa shape index (κ2) is 11.4. The average Bonchev–Trinajstić information content (AvgIpc) is 3.36. The van der Waals surface area contributed by atoms with E-state index in [1.165, 1.54) is 18.4 Å². The fourth-order valence-electron chi connectivity index (χ4n) is 4.62. The van der Waals surface area contributed by atoms with Gasteiger partial charge in [0, 0.05) is 19.5 Å². The van der Waals surface area contributed by atoms with Gasteiger partial charge in [0.25, 0.3) is 5.56 Å². The van der Waals surface area contributed by atoms with Crippen LogP contribution >= 0.6 is 12.2 Å². The quantitative estimate of drug-likeness (QED) is 0.341. The van der Waals surface area contributed by atoms with Crippen molar-refractivity contribution in [1.29, 1.82) is 0 Å². The molecule has 174 valence electrons. The van der Waals surface area contributed by atoms with E-state index in [1.54, 1.807) is 4.57 Å². The molecule has 7 heteroatoms. The lowest BCUT2D eigenvalue weighted by molar-refractivity contribution is -0.121. The molecule has 1 amide bonds. The van der Waals surface area contributed by atoms with Crippen LogP contribution in [0.15, 0.2) is 59.4 Å². The van der Waals surface area contributed by atoms with Gasteiger partial charge in [0.05, 0.1) is 16.9 Å². The van der Waals surface area contributed by atoms with Gasteiger partial charge in [-0.3, -0.25) is 19.1 Å². The number of carbonyl (C=O) groups is 1. The van der Waals surface area contributed by atoms with E-state index >= 15 is 0 Å². The third-order valence-corrected chi connectivity index (χ3v) is 6.76. The minimum Gasteiger partial charge on any atom is -0.354 e. The second-order valence-corrected chi connectivity index (χ2v) is 9.10. The third kappa shape index (κ3) is 5.97. The topological polar surface area (TPSA) is 70.1 Å². The summed E-state index contributed by atoms with van der Waals surface area (Å²) in [6.07, 6.45) is 5.42. The Hall–Kier alpha value is -2.77. The summed E-state index contributed by atoms with van der Waals surface area (Å²) in [5.74, 6) is 0.0929. The predicted octanol–water partition coefficient (Wildman–Crippen LogP) is 4.57. The summed E-state index contributed by atoms with van der Waals surface area (Å²) in [6.45, 7) is 3.38. The first-order valence-electron chi connectivity index (χ1n) is 11.9. The maximum absolute atomic E-state index is 12.7. The van der Waals surface area contributed by atoms with Crippen molar-refractivity contribution in [2.75, 3.05) is 19.6 Å². The lowest BCUT2D eigenvalue weighted by Gasteiger charge is -2.28. The van der Waals surface area contributed by atoms with E-state index in [1.807, 2.05) is 30.3 Å². The number of benzene rings is 2. The van der Waals surface area contributed by atoms with Crippen molar-refractivity contribution in [2.24, 2.45) is 0 Å². The van der Waals surface area contributed by atoms with Gasteiger partial charge in [0.2, 0.25) is 5.91 Å². The van der Waals surface area contributed by atoms with Gasteiger partial charge in [-0.05, 0) is 68.7 Å². The Bertz CT molecular complexity index is 1180. The highest BCUT2D eigenvalue weighted by Crippen LogP contribution is 2.24. The molecule has 1 saturated heterocycles. The molecule has 2 heterocycles. The molecule has 3 aromatic rings. The summed E-state index contributed by atoms with van der Waals surface area (Å²) in [6, 6.07) is 18.1. The molecule has 1 aromatic heterocycles. The van der Waals surface area contributed by atoms with Crippen molar-refractivity contribution in [3.8, 4) is 0 Å². The molecule has 1 aliphatic heterocycles. The minimum absolute atomic E-state index is 0.0547. The van der Waals surface area contributed by atoms with Crippen molar-refractivity contribution in [3.05, 3.63) is 75.3 Å². The Labute approximate surface area is 199 Å². The fraction of sp³-hybridized carbons (Fsp3) is 0.423. The van der Waals surface area contributed by atoms with Gasteiger partial charge in [-0.15, -0.1) is 0 Å². The number of para-hydroxylation sites is 1. The van der Waals surface area contributed by atoms with Crippen molar-refractivity contribution >= 4 is 29.0 Å². The molecular weight excluding hydrogens is 432 g/mol. The number of amides is 1. The number of likely N-dealkylation sites (tertiary alicyclic amines) is 1. The second-order valence-electron chi connectivity index (χ2n) is 8.72. The number of nitrogens with zero attached hydrogens (tertiary/aromatic N) is 2. The normalized spacial score (nSPS) is 15.0. The minimum atomic E-state index is -0.0547. The molecule has 1 unspecified atom stereocenters. The molecule has 0 bridgehead atoms. The zero-order valence-corrected chi connectivity index (χ0v) is 19.8. The van der Waals surface area contributed by atoms with Gasteiger partial charge in [-0.1, -0.05) is 48.9 Å². The SMILES string of the molecule is O=C(CCCCCn1c(=S)[nH]c2ccccc2c1=O)NCC(c1ccccc1)N1CCCC1. The third-order valence-electron chi connectivity index (χ3n) is 6.43. The fourth-order valence-corrected chi connectivity index (χ4v) is 4.90. The van der Waals surface area contributed by atoms with Gasteiger partial charge in [-0.25, -0.2) is 0 Å². The van der Waals surface area contributed by atoms with Crippen molar-refractivity contribution < 1.29 is 4.79 Å². The Balaban J connectivity index is 1.23. The van der Waals surface area contributed by atoms with Crippen LogP contribution in [-0.4, -0.2) is 40.0 Å². The molecule has 0 radical (unpaired) electrons. The zero-order valence-electron chi connectivity index (χ0n) is 19.0. The van der Waals surface area contributed by atoms with E-state index in [0.717, 1.165) is 37.9 Å². The highest BCUT2D eigenvalue weighted by molar-refractivity contribution is 7.71. The van der Waals surface area contributed by atoms with Crippen LogP contribution in [0.4, 0.5) is 0 Å². The summed E-state index contributed by atoms with van der Waals surface area (Å²) in [4.78, 5) is 30.8. The van der Waals surface area contributed by atoms with Crippen LogP contribution in [-0.2, 0) is 11.3 Å². The van der Waals surface area contributed by atoms with E-state index in [4.69, 9.17) is 12.2 Å². The number of fused-ring (bicyclic) bond motifs is 1. The van der Waals surface area contributed by atoms with Gasteiger partial charge >= 0.3 is 0 Å². The van der Waals surface area contributed by atoms with E-state index in [9.17, 15) is 9.59 Å². The molecule has 1 atom stereocenters. The maximum atomic E-state index is 12.7. The number of carbonyl (C=O) groups excluding carboxylic acids is 1. The van der Waals surface area contributed by atoms with Gasteiger partial charge in [0.1, 0.15) is 0 Å². The van der Waals surface area contributed by atoms with Crippen LogP contribution in [0.3, 0.4) is 0 Å². The Kier molecular flexibility index (Phi) is 8.07. The molecule has 0 aliphatic carbocycles. The summed E-state index contributed by atoms with van der Waals surface area (Å²) in [5, 5.41) is 3.80. The number of unbranched alkanes of at least 4 members (excludes halogenated alkanes) is 2. The largest absolute Gasteiger partial charge is 0.354 e. The number of nitrogens with one attached hydrogen (secondary N) is 2. The Morgan fingerprint density at radius 3 is 2.52 bits per heavy atom. The van der Waals surface area contributed by atoms with Crippen LogP contribution in [0.1, 0.15) is 50.1 Å². The molecule has 2 N–H and O–H groups in total. The Morgan fingerprint density at radius 2 is 1.73 bits per heavy atom. The molecule has 0 saturated carbocycles. The van der Waals surface area contributed by atoms with Gasteiger partial charge in [-0.2, -0.15) is 0 Å². The maximum Gasteiger partial charge on any atom is 0.262 e. The monoisotopic (exact) mass is 464 g/mol. The van der Waals surface area contributed by atoms with E-state index in [2.05, 4.69) is 39.5 Å². The number of aromatic nitrogens is 2. The van der Waals surface area contributed by atoms with Crippen molar-refractivity contribution in [1.82, 2.24) is 19.8 Å². The lowest BCUT2D eigenvalue weighted by atomic mass is 10.1. The molecule has 1 fully saturated rings. The zero-order chi connectivity index (χ0) is 23.0. The summed E-state index contributed by atoms with van der Waals surface area (Å²) >= 11 is 5.37. The van der Waals surface area contributed by atoms with E-state index in [-0.39, 0.29) is 17.5 Å². The number of aromatic amines is 1. The highest BCUT2D eigenvalue weighted by Gasteiger charge is 2.23. The molecule has 0 spiro atoms. The number of hydrogen-bond acceptors (Lipinski definition) is 4. The predicted molar refractivity (Wildman–Crippen MR) is 135 cm³/mol. The van der Waals surface area contributed by atoms with Crippen LogP contribution in [0.2, 0.25) is 0 Å². The smallest absolute Gasteiger partial charge is 0.262 e. The molecule has 4 rings (SSSR count). The molecule has 2 aromatic carbocycles. The number of hydrogen-bond donors (Lipinski definition) is 2. The van der Waals surface area contributed by atoms with Gasteiger partial charge < -0.3 is 10.3 Å². The van der Waals surface area contributed by atoms with E-state index in [0.29, 0.717) is 29.7 Å². The lowest BCUT2D eigenvalue weighted by Crippen LogP contribution is -2.36. The first kappa shape index (κ1) is 23.4. The van der Waals surface area contributed by atoms with Crippen LogP contribution in [0.5, 0.6) is 0 Å². The van der Waals surface area contributed by atoms with Gasteiger partial charge in [0.15, 0.2) is 4.77 Å².